The predicted octanol–water partition coefficient (Wildman–Crippen LogP) is 2.53. The fraction of sp³-hybridized carbons (Fsp3) is 0.300. The molecule has 0 saturated carbocycles. The van der Waals surface area contributed by atoms with Gasteiger partial charge < -0.3 is 10.6 Å². The Bertz CT molecular complexity index is 797. The highest BCUT2D eigenvalue weighted by Crippen LogP contribution is 2.19. The number of rotatable bonds is 7. The van der Waals surface area contributed by atoms with E-state index in [4.69, 9.17) is 5.26 Å². The Balaban J connectivity index is 2.16. The Kier molecular flexibility index (Phi) is 6.86. The molecule has 1 aromatic heterocycles. The molecule has 2 N–H and O–H groups in total. The normalized spacial score (nSPS) is 11.5. The summed E-state index contributed by atoms with van der Waals surface area (Å²) in [6, 6.07) is 12.1. The van der Waals surface area contributed by atoms with Crippen molar-refractivity contribution in [3.63, 3.8) is 0 Å². The van der Waals surface area contributed by atoms with Gasteiger partial charge >= 0.3 is 0 Å². The Morgan fingerprint density at radius 2 is 1.96 bits per heavy atom. The molecule has 2 amide bonds. The monoisotopic (exact) mass is 350 g/mol. The molecule has 0 aliphatic rings. The Hall–Kier alpha value is -3.20. The van der Waals surface area contributed by atoms with Gasteiger partial charge in [0.2, 0.25) is 5.91 Å². The quantitative estimate of drug-likeness (QED) is 0.750. The Labute approximate surface area is 153 Å². The topological polar surface area (TPSA) is 94.9 Å². The van der Waals surface area contributed by atoms with Crippen molar-refractivity contribution in [2.45, 2.75) is 26.3 Å². The molecule has 26 heavy (non-hydrogen) atoms. The lowest BCUT2D eigenvalue weighted by Crippen LogP contribution is -2.47. The second-order valence-electron chi connectivity index (χ2n) is 6.35. The number of hydrogen-bond acceptors (Lipinski definition) is 4. The van der Waals surface area contributed by atoms with E-state index in [1.165, 1.54) is 0 Å². The second-order valence-corrected chi connectivity index (χ2v) is 6.35. The van der Waals surface area contributed by atoms with Gasteiger partial charge in [0.05, 0.1) is 6.07 Å². The molecular formula is C20H22N4O2. The first-order valence-electron chi connectivity index (χ1n) is 8.47. The van der Waals surface area contributed by atoms with E-state index < -0.39 is 6.04 Å². The minimum Gasteiger partial charge on any atom is -0.341 e. The van der Waals surface area contributed by atoms with E-state index in [0.29, 0.717) is 12.0 Å². The molecule has 2 rings (SSSR count). The first kappa shape index (κ1) is 19.1. The van der Waals surface area contributed by atoms with E-state index >= 15 is 0 Å². The first-order chi connectivity index (χ1) is 12.5. The Morgan fingerprint density at radius 3 is 2.62 bits per heavy atom. The fourth-order valence-corrected chi connectivity index (χ4v) is 2.57. The summed E-state index contributed by atoms with van der Waals surface area (Å²) in [7, 11) is 0. The number of amides is 2. The van der Waals surface area contributed by atoms with Crippen LogP contribution in [0.3, 0.4) is 0 Å². The van der Waals surface area contributed by atoms with Crippen molar-refractivity contribution >= 4 is 11.8 Å². The predicted molar refractivity (Wildman–Crippen MR) is 99.0 cm³/mol. The standard InChI is InChI=1S/C20H22N4O2/c1-14(2)11-18(20(26)23-10-8-21)24-19(25)16-6-3-5-15(12-16)17-7-4-9-22-13-17/h3-7,9,12-14,18H,10-11H2,1-2H3,(H,23,26)(H,24,25)/t18-/m0/s1. The highest BCUT2D eigenvalue weighted by molar-refractivity contribution is 5.98. The third kappa shape index (κ3) is 5.42. The third-order valence-corrected chi connectivity index (χ3v) is 3.79. The number of pyridine rings is 1. The molecule has 0 spiro atoms. The summed E-state index contributed by atoms with van der Waals surface area (Å²) in [6.45, 7) is 3.86. The summed E-state index contributed by atoms with van der Waals surface area (Å²) in [5.41, 5.74) is 2.25. The number of nitrogens with one attached hydrogen (secondary N) is 2. The van der Waals surface area contributed by atoms with Crippen molar-refractivity contribution in [2.75, 3.05) is 6.54 Å². The zero-order chi connectivity index (χ0) is 18.9. The van der Waals surface area contributed by atoms with Gasteiger partial charge in [-0.1, -0.05) is 32.0 Å². The molecule has 1 aromatic carbocycles. The van der Waals surface area contributed by atoms with Gasteiger partial charge in [0.25, 0.3) is 5.91 Å². The number of carbonyl (C=O) groups excluding carboxylic acids is 2. The molecule has 6 nitrogen and oxygen atoms in total. The van der Waals surface area contributed by atoms with Crippen molar-refractivity contribution in [1.29, 1.82) is 5.26 Å². The average Bonchev–Trinajstić information content (AvgIpc) is 2.66. The van der Waals surface area contributed by atoms with Crippen LogP contribution in [0.4, 0.5) is 0 Å². The highest BCUT2D eigenvalue weighted by Gasteiger charge is 2.22. The molecule has 0 bridgehead atoms. The lowest BCUT2D eigenvalue weighted by molar-refractivity contribution is -0.123. The van der Waals surface area contributed by atoms with Gasteiger partial charge in [-0.15, -0.1) is 0 Å². The van der Waals surface area contributed by atoms with Crippen molar-refractivity contribution in [1.82, 2.24) is 15.6 Å². The molecule has 134 valence electrons. The van der Waals surface area contributed by atoms with Crippen LogP contribution in [-0.4, -0.2) is 29.4 Å². The fourth-order valence-electron chi connectivity index (χ4n) is 2.57. The minimum atomic E-state index is -0.683. The van der Waals surface area contributed by atoms with E-state index in [1.54, 1.807) is 30.6 Å². The van der Waals surface area contributed by atoms with Crippen LogP contribution in [0.5, 0.6) is 0 Å². The van der Waals surface area contributed by atoms with Crippen LogP contribution in [0.25, 0.3) is 11.1 Å². The molecule has 0 radical (unpaired) electrons. The minimum absolute atomic E-state index is 0.0835. The summed E-state index contributed by atoms with van der Waals surface area (Å²) >= 11 is 0. The third-order valence-electron chi connectivity index (χ3n) is 3.79. The average molecular weight is 350 g/mol. The van der Waals surface area contributed by atoms with Gasteiger partial charge in [-0.3, -0.25) is 14.6 Å². The molecule has 1 heterocycles. The van der Waals surface area contributed by atoms with Crippen LogP contribution in [-0.2, 0) is 4.79 Å². The van der Waals surface area contributed by atoms with Crippen LogP contribution < -0.4 is 10.6 Å². The van der Waals surface area contributed by atoms with E-state index in [9.17, 15) is 9.59 Å². The van der Waals surface area contributed by atoms with Crippen LogP contribution in [0, 0.1) is 17.2 Å². The van der Waals surface area contributed by atoms with Crippen molar-refractivity contribution < 1.29 is 9.59 Å². The lowest BCUT2D eigenvalue weighted by atomic mass is 10.0. The number of hydrogen-bond donors (Lipinski definition) is 2. The molecule has 6 heteroatoms. The molecule has 0 unspecified atom stereocenters. The summed E-state index contributed by atoms with van der Waals surface area (Å²) in [5, 5.41) is 13.9. The molecule has 2 aromatic rings. The molecule has 0 saturated heterocycles. The van der Waals surface area contributed by atoms with Crippen molar-refractivity contribution in [2.24, 2.45) is 5.92 Å². The lowest BCUT2D eigenvalue weighted by Gasteiger charge is -2.19. The first-order valence-corrected chi connectivity index (χ1v) is 8.47. The van der Waals surface area contributed by atoms with Gasteiger partial charge in [-0.05, 0) is 36.1 Å². The van der Waals surface area contributed by atoms with Crippen LogP contribution in [0.1, 0.15) is 30.6 Å². The maximum atomic E-state index is 12.6. The van der Waals surface area contributed by atoms with Crippen molar-refractivity contribution in [3.05, 3.63) is 54.4 Å². The smallest absolute Gasteiger partial charge is 0.251 e. The summed E-state index contributed by atoms with van der Waals surface area (Å²) in [5.74, 6) is -0.458. The zero-order valence-electron chi connectivity index (χ0n) is 14.9. The SMILES string of the molecule is CC(C)C[C@H](NC(=O)c1cccc(-c2cccnc2)c1)C(=O)NCC#N. The van der Waals surface area contributed by atoms with Crippen LogP contribution in [0.15, 0.2) is 48.8 Å². The van der Waals surface area contributed by atoms with Gasteiger partial charge in [0, 0.05) is 23.5 Å². The summed E-state index contributed by atoms with van der Waals surface area (Å²) in [4.78, 5) is 28.9. The number of nitrogens with zero attached hydrogens (tertiary/aromatic N) is 2. The summed E-state index contributed by atoms with van der Waals surface area (Å²) in [6.07, 6.45) is 3.91. The van der Waals surface area contributed by atoms with Crippen LogP contribution >= 0.6 is 0 Å². The van der Waals surface area contributed by atoms with Crippen LogP contribution in [0.2, 0.25) is 0 Å². The van der Waals surface area contributed by atoms with E-state index in [1.807, 2.05) is 38.1 Å². The number of benzene rings is 1. The van der Waals surface area contributed by atoms with E-state index in [-0.39, 0.29) is 24.3 Å². The number of nitriles is 1. The number of carbonyl (C=O) groups is 2. The van der Waals surface area contributed by atoms with E-state index in [2.05, 4.69) is 15.6 Å². The highest BCUT2D eigenvalue weighted by atomic mass is 16.2. The van der Waals surface area contributed by atoms with Gasteiger partial charge in [0.1, 0.15) is 12.6 Å². The molecular weight excluding hydrogens is 328 g/mol. The maximum absolute atomic E-state index is 12.6. The molecule has 1 atom stereocenters. The molecule has 0 fully saturated rings. The van der Waals surface area contributed by atoms with Gasteiger partial charge in [-0.2, -0.15) is 5.26 Å². The van der Waals surface area contributed by atoms with Gasteiger partial charge in [0.15, 0.2) is 0 Å². The second kappa shape index (κ2) is 9.33. The molecule has 0 aliphatic heterocycles. The largest absolute Gasteiger partial charge is 0.341 e. The van der Waals surface area contributed by atoms with Crippen molar-refractivity contribution in [3.8, 4) is 17.2 Å². The van der Waals surface area contributed by atoms with Gasteiger partial charge in [-0.25, -0.2) is 0 Å². The maximum Gasteiger partial charge on any atom is 0.251 e. The molecule has 0 aliphatic carbocycles. The number of aromatic nitrogens is 1. The summed E-state index contributed by atoms with van der Waals surface area (Å²) < 4.78 is 0. The zero-order valence-corrected chi connectivity index (χ0v) is 14.9. The van der Waals surface area contributed by atoms with E-state index in [0.717, 1.165) is 11.1 Å². The Morgan fingerprint density at radius 1 is 1.19 bits per heavy atom.